The molecule has 5 heteroatoms. The molecule has 1 saturated carbocycles. The van der Waals surface area contributed by atoms with Crippen LogP contribution in [-0.2, 0) is 6.42 Å². The molecule has 1 heterocycles. The summed E-state index contributed by atoms with van der Waals surface area (Å²) in [5, 5.41) is 9.71. The van der Waals surface area contributed by atoms with Gasteiger partial charge in [0.2, 0.25) is 0 Å². The van der Waals surface area contributed by atoms with Gasteiger partial charge in [0, 0.05) is 11.6 Å². The fourth-order valence-corrected chi connectivity index (χ4v) is 3.23. The van der Waals surface area contributed by atoms with E-state index in [4.69, 9.17) is 0 Å². The number of nitrogens with zero attached hydrogens (tertiary/aromatic N) is 1. The van der Waals surface area contributed by atoms with E-state index in [1.807, 2.05) is 0 Å². The Kier molecular flexibility index (Phi) is 2.86. The van der Waals surface area contributed by atoms with E-state index < -0.39 is 6.10 Å². The number of rotatable bonds is 1. The molecule has 1 fully saturated rings. The minimum Gasteiger partial charge on any atom is -0.387 e. The monoisotopic (exact) mass is 250 g/mol. The zero-order valence-electron chi connectivity index (χ0n) is 10.3. The van der Waals surface area contributed by atoms with Crippen LogP contribution >= 0.6 is 0 Å². The molecule has 1 aromatic rings. The number of fused-ring (bicyclic) bond motifs is 1. The molecule has 0 bridgehead atoms. The first-order valence-corrected chi connectivity index (χ1v) is 6.74. The molecule has 2 N–H and O–H groups in total. The van der Waals surface area contributed by atoms with Crippen molar-refractivity contribution in [3.8, 4) is 0 Å². The molecule has 18 heavy (non-hydrogen) atoms. The topological polar surface area (TPSA) is 75.1 Å². The van der Waals surface area contributed by atoms with Gasteiger partial charge in [0.25, 0.3) is 5.56 Å². The van der Waals surface area contributed by atoms with Crippen LogP contribution in [0.15, 0.2) is 9.59 Å². The summed E-state index contributed by atoms with van der Waals surface area (Å²) < 4.78 is 1.38. The molecule has 1 aromatic heterocycles. The molecule has 0 radical (unpaired) electrons. The van der Waals surface area contributed by atoms with E-state index in [-0.39, 0.29) is 17.3 Å². The number of aromatic nitrogens is 2. The Hall–Kier alpha value is -1.36. The Morgan fingerprint density at radius 1 is 1.11 bits per heavy atom. The zero-order valence-corrected chi connectivity index (χ0v) is 10.3. The quantitative estimate of drug-likeness (QED) is 0.781. The maximum Gasteiger partial charge on any atom is 0.328 e. The number of aliphatic hydroxyl groups excluding tert-OH is 1. The van der Waals surface area contributed by atoms with Crippen LogP contribution in [0.25, 0.3) is 0 Å². The Balaban J connectivity index is 2.11. The fraction of sp³-hybridized carbons (Fsp3) is 0.692. The summed E-state index contributed by atoms with van der Waals surface area (Å²) in [6.07, 6.45) is 5.59. The van der Waals surface area contributed by atoms with Crippen molar-refractivity contribution in [3.05, 3.63) is 32.1 Å². The predicted octanol–water partition coefficient (Wildman–Crippen LogP) is 1.02. The Labute approximate surface area is 104 Å². The van der Waals surface area contributed by atoms with Gasteiger partial charge in [0.05, 0.1) is 11.8 Å². The van der Waals surface area contributed by atoms with Crippen molar-refractivity contribution in [2.45, 2.75) is 57.1 Å². The van der Waals surface area contributed by atoms with E-state index in [0.29, 0.717) is 24.1 Å². The van der Waals surface area contributed by atoms with Crippen molar-refractivity contribution >= 4 is 0 Å². The summed E-state index contributed by atoms with van der Waals surface area (Å²) in [6, 6.07) is 0.0399. The summed E-state index contributed by atoms with van der Waals surface area (Å²) in [4.78, 5) is 27.1. The van der Waals surface area contributed by atoms with Crippen LogP contribution in [0.5, 0.6) is 0 Å². The van der Waals surface area contributed by atoms with Crippen LogP contribution in [0.2, 0.25) is 0 Å². The molecular formula is C13H18N2O3. The largest absolute Gasteiger partial charge is 0.387 e. The van der Waals surface area contributed by atoms with Crippen molar-refractivity contribution in [1.82, 2.24) is 9.55 Å². The maximum atomic E-state index is 12.4. The van der Waals surface area contributed by atoms with E-state index in [9.17, 15) is 14.7 Å². The van der Waals surface area contributed by atoms with Gasteiger partial charge < -0.3 is 10.1 Å². The fourth-order valence-electron chi connectivity index (χ4n) is 3.23. The first-order valence-electron chi connectivity index (χ1n) is 6.74. The lowest BCUT2D eigenvalue weighted by Crippen LogP contribution is -2.41. The Morgan fingerprint density at radius 2 is 1.83 bits per heavy atom. The van der Waals surface area contributed by atoms with Crippen LogP contribution in [0, 0.1) is 0 Å². The number of nitrogens with one attached hydrogen (secondary N) is 1. The lowest BCUT2D eigenvalue weighted by Gasteiger charge is -2.23. The van der Waals surface area contributed by atoms with Gasteiger partial charge >= 0.3 is 5.69 Å². The van der Waals surface area contributed by atoms with Gasteiger partial charge in [-0.1, -0.05) is 19.3 Å². The average molecular weight is 250 g/mol. The smallest absolute Gasteiger partial charge is 0.328 e. The molecule has 0 spiro atoms. The third-order valence-corrected chi connectivity index (χ3v) is 4.20. The molecule has 0 aromatic carbocycles. The average Bonchev–Trinajstić information content (AvgIpc) is 2.73. The minimum atomic E-state index is -0.679. The van der Waals surface area contributed by atoms with Gasteiger partial charge in [0.15, 0.2) is 0 Å². The number of hydrogen-bond acceptors (Lipinski definition) is 3. The van der Waals surface area contributed by atoms with Crippen LogP contribution < -0.4 is 11.2 Å². The lowest BCUT2D eigenvalue weighted by molar-refractivity contribution is 0.175. The maximum absolute atomic E-state index is 12.4. The third-order valence-electron chi connectivity index (χ3n) is 4.20. The highest BCUT2D eigenvalue weighted by Crippen LogP contribution is 2.28. The molecule has 0 aliphatic heterocycles. The summed E-state index contributed by atoms with van der Waals surface area (Å²) in [6.45, 7) is 0. The lowest BCUT2D eigenvalue weighted by atomic mass is 9.95. The molecule has 2 aliphatic rings. The second-order valence-electron chi connectivity index (χ2n) is 5.34. The SMILES string of the molecule is O=c1[nH]c2c(c(=O)n1C1CCCCC1)CCC2O. The minimum absolute atomic E-state index is 0.0399. The van der Waals surface area contributed by atoms with Crippen molar-refractivity contribution in [2.75, 3.05) is 0 Å². The molecule has 98 valence electrons. The standard InChI is InChI=1S/C13H18N2O3/c16-10-7-6-9-11(10)14-13(18)15(12(9)17)8-4-2-1-3-5-8/h8,10,16H,1-7H2,(H,14,18). The predicted molar refractivity (Wildman–Crippen MR) is 66.7 cm³/mol. The zero-order chi connectivity index (χ0) is 12.7. The number of H-pyrrole nitrogens is 1. The van der Waals surface area contributed by atoms with E-state index in [2.05, 4.69) is 4.98 Å². The number of hydrogen-bond donors (Lipinski definition) is 2. The highest BCUT2D eigenvalue weighted by Gasteiger charge is 2.28. The van der Waals surface area contributed by atoms with E-state index in [1.54, 1.807) is 0 Å². The molecular weight excluding hydrogens is 232 g/mol. The van der Waals surface area contributed by atoms with Crippen LogP contribution in [-0.4, -0.2) is 14.7 Å². The van der Waals surface area contributed by atoms with Crippen molar-refractivity contribution < 1.29 is 5.11 Å². The Bertz CT molecular complexity index is 567. The molecule has 0 amide bonds. The molecule has 5 nitrogen and oxygen atoms in total. The van der Waals surface area contributed by atoms with Crippen LogP contribution in [0.3, 0.4) is 0 Å². The first kappa shape index (κ1) is 11.7. The number of aromatic amines is 1. The van der Waals surface area contributed by atoms with Gasteiger partial charge in [-0.15, -0.1) is 0 Å². The molecule has 3 rings (SSSR count). The molecule has 1 unspecified atom stereocenters. The first-order chi connectivity index (χ1) is 8.68. The van der Waals surface area contributed by atoms with E-state index >= 15 is 0 Å². The van der Waals surface area contributed by atoms with Gasteiger partial charge in [-0.3, -0.25) is 9.36 Å². The summed E-state index contributed by atoms with van der Waals surface area (Å²) in [5.74, 6) is 0. The van der Waals surface area contributed by atoms with Gasteiger partial charge in [0.1, 0.15) is 0 Å². The summed E-state index contributed by atoms with van der Waals surface area (Å²) in [7, 11) is 0. The normalized spacial score (nSPS) is 24.2. The van der Waals surface area contributed by atoms with Gasteiger partial charge in [-0.2, -0.15) is 0 Å². The van der Waals surface area contributed by atoms with Crippen molar-refractivity contribution in [3.63, 3.8) is 0 Å². The second-order valence-corrected chi connectivity index (χ2v) is 5.34. The van der Waals surface area contributed by atoms with E-state index in [0.717, 1.165) is 25.7 Å². The van der Waals surface area contributed by atoms with Crippen LogP contribution in [0.1, 0.15) is 61.9 Å². The Morgan fingerprint density at radius 3 is 2.56 bits per heavy atom. The molecule has 0 saturated heterocycles. The number of aliphatic hydroxyl groups is 1. The van der Waals surface area contributed by atoms with E-state index in [1.165, 1.54) is 11.0 Å². The van der Waals surface area contributed by atoms with Crippen LogP contribution in [0.4, 0.5) is 0 Å². The van der Waals surface area contributed by atoms with Gasteiger partial charge in [-0.05, 0) is 25.7 Å². The van der Waals surface area contributed by atoms with Crippen molar-refractivity contribution in [2.24, 2.45) is 0 Å². The second kappa shape index (κ2) is 4.39. The molecule has 2 aliphatic carbocycles. The third kappa shape index (κ3) is 1.73. The van der Waals surface area contributed by atoms with Gasteiger partial charge in [-0.25, -0.2) is 4.79 Å². The summed E-state index contributed by atoms with van der Waals surface area (Å²) >= 11 is 0. The highest BCUT2D eigenvalue weighted by molar-refractivity contribution is 5.24. The molecule has 1 atom stereocenters. The summed E-state index contributed by atoms with van der Waals surface area (Å²) in [5.41, 5.74) is 0.508. The highest BCUT2D eigenvalue weighted by atomic mass is 16.3. The van der Waals surface area contributed by atoms with Crippen molar-refractivity contribution in [1.29, 1.82) is 0 Å².